The monoisotopic (exact) mass is 424 g/mol. The summed E-state index contributed by atoms with van der Waals surface area (Å²) in [6.45, 7) is 11.7. The maximum Gasteiger partial charge on any atom is 0.0664 e. The van der Waals surface area contributed by atoms with Crippen LogP contribution in [0.3, 0.4) is 0 Å². The van der Waals surface area contributed by atoms with Crippen LogP contribution in [0.5, 0.6) is 0 Å². The molecule has 1 aromatic heterocycles. The lowest BCUT2D eigenvalue weighted by Gasteiger charge is -2.30. The fourth-order valence-corrected chi connectivity index (χ4v) is 6.52. The summed E-state index contributed by atoms with van der Waals surface area (Å²) in [5.41, 5.74) is 10.6. The van der Waals surface area contributed by atoms with Crippen LogP contribution >= 0.6 is 0 Å². The van der Waals surface area contributed by atoms with Crippen molar-refractivity contribution in [1.29, 1.82) is 0 Å². The Morgan fingerprint density at radius 1 is 1.03 bits per heavy atom. The first-order valence-electron chi connectivity index (χ1n) is 12.4. The second-order valence-corrected chi connectivity index (χ2v) is 11.1. The Balaban J connectivity index is 1.55. The zero-order valence-electron chi connectivity index (χ0n) is 20.3. The number of rotatable bonds is 3. The Kier molecular flexibility index (Phi) is 5.43. The SMILES string of the molecule is Cc1ccc(-c2ccc3c(c2)C(/C2=C/CCCC4CC(C)(C)C(C(C)C)C4=N2)=CC3)cn1. The van der Waals surface area contributed by atoms with Crippen molar-refractivity contribution in [2.24, 2.45) is 28.2 Å². The van der Waals surface area contributed by atoms with E-state index in [-0.39, 0.29) is 0 Å². The summed E-state index contributed by atoms with van der Waals surface area (Å²) in [5.74, 6) is 1.84. The average molecular weight is 425 g/mol. The lowest BCUT2D eigenvalue weighted by atomic mass is 9.75. The Labute approximate surface area is 193 Å². The molecular weight excluding hydrogens is 388 g/mol. The molecule has 0 spiro atoms. The van der Waals surface area contributed by atoms with Crippen LogP contribution in [0.4, 0.5) is 0 Å². The van der Waals surface area contributed by atoms with Gasteiger partial charge in [0.15, 0.2) is 0 Å². The first-order chi connectivity index (χ1) is 15.3. The third-order valence-electron chi connectivity index (χ3n) is 7.81. The highest BCUT2D eigenvalue weighted by Crippen LogP contribution is 2.50. The van der Waals surface area contributed by atoms with E-state index in [0.29, 0.717) is 23.2 Å². The van der Waals surface area contributed by atoms with Crippen molar-refractivity contribution in [3.05, 3.63) is 71.2 Å². The van der Waals surface area contributed by atoms with Crippen molar-refractivity contribution in [1.82, 2.24) is 4.98 Å². The van der Waals surface area contributed by atoms with E-state index in [0.717, 1.165) is 18.5 Å². The summed E-state index contributed by atoms with van der Waals surface area (Å²) in [7, 11) is 0. The van der Waals surface area contributed by atoms with E-state index < -0.39 is 0 Å². The van der Waals surface area contributed by atoms with Gasteiger partial charge in [-0.25, -0.2) is 0 Å². The summed E-state index contributed by atoms with van der Waals surface area (Å²) >= 11 is 0. The number of aromatic nitrogens is 1. The summed E-state index contributed by atoms with van der Waals surface area (Å²) < 4.78 is 0. The number of hydrogen-bond acceptors (Lipinski definition) is 2. The third kappa shape index (κ3) is 3.78. The van der Waals surface area contributed by atoms with Gasteiger partial charge in [-0.05, 0) is 85.1 Å². The van der Waals surface area contributed by atoms with Crippen molar-refractivity contribution < 1.29 is 0 Å². The molecule has 0 N–H and O–H groups in total. The third-order valence-corrected chi connectivity index (χ3v) is 7.81. The largest absolute Gasteiger partial charge is 0.261 e. The maximum absolute atomic E-state index is 5.49. The molecule has 1 aromatic carbocycles. The van der Waals surface area contributed by atoms with Crippen LogP contribution in [0.25, 0.3) is 16.7 Å². The lowest BCUT2D eigenvalue weighted by molar-refractivity contribution is 0.229. The molecule has 2 aromatic rings. The Hall–Kier alpha value is -2.48. The molecule has 166 valence electrons. The average Bonchev–Trinajstić information content (AvgIpc) is 3.26. The van der Waals surface area contributed by atoms with Gasteiger partial charge in [0.2, 0.25) is 0 Å². The van der Waals surface area contributed by atoms with E-state index in [9.17, 15) is 0 Å². The summed E-state index contributed by atoms with van der Waals surface area (Å²) in [6.07, 6.45) is 12.8. The minimum atomic E-state index is 0.334. The quantitative estimate of drug-likeness (QED) is 0.493. The van der Waals surface area contributed by atoms with Crippen LogP contribution < -0.4 is 0 Å². The topological polar surface area (TPSA) is 25.2 Å². The molecule has 3 aliphatic rings. The van der Waals surface area contributed by atoms with Crippen LogP contribution in [0.15, 0.2) is 59.4 Å². The Morgan fingerprint density at radius 2 is 1.84 bits per heavy atom. The molecule has 1 fully saturated rings. The molecule has 2 heteroatoms. The fraction of sp³-hybridized carbons (Fsp3) is 0.467. The predicted molar refractivity (Wildman–Crippen MR) is 136 cm³/mol. The van der Waals surface area contributed by atoms with Crippen LogP contribution in [0.1, 0.15) is 70.2 Å². The summed E-state index contributed by atoms with van der Waals surface area (Å²) in [5, 5.41) is 0. The molecule has 0 radical (unpaired) electrons. The zero-order chi connectivity index (χ0) is 22.5. The summed E-state index contributed by atoms with van der Waals surface area (Å²) in [6, 6.07) is 11.2. The van der Waals surface area contributed by atoms with Crippen LogP contribution in [-0.4, -0.2) is 10.7 Å². The zero-order valence-corrected chi connectivity index (χ0v) is 20.3. The van der Waals surface area contributed by atoms with Gasteiger partial charge in [-0.15, -0.1) is 0 Å². The van der Waals surface area contributed by atoms with Gasteiger partial charge in [-0.1, -0.05) is 58.0 Å². The van der Waals surface area contributed by atoms with Crippen LogP contribution in [0.2, 0.25) is 0 Å². The summed E-state index contributed by atoms with van der Waals surface area (Å²) in [4.78, 5) is 10.00. The highest BCUT2D eigenvalue weighted by Gasteiger charge is 2.46. The first kappa shape index (κ1) is 21.4. The molecule has 0 amide bonds. The smallest absolute Gasteiger partial charge is 0.0664 e. The van der Waals surface area contributed by atoms with Crippen molar-refractivity contribution in [2.75, 3.05) is 0 Å². The maximum atomic E-state index is 5.49. The number of hydrogen-bond donors (Lipinski definition) is 0. The number of nitrogens with zero attached hydrogens (tertiary/aromatic N) is 2. The molecule has 2 atom stereocenters. The Morgan fingerprint density at radius 3 is 2.59 bits per heavy atom. The number of fused-ring (bicyclic) bond motifs is 2. The van der Waals surface area contributed by atoms with Gasteiger partial charge in [0.25, 0.3) is 0 Å². The number of benzene rings is 1. The van der Waals surface area contributed by atoms with Crippen LogP contribution in [-0.2, 0) is 6.42 Å². The van der Waals surface area contributed by atoms with Crippen molar-refractivity contribution in [3.8, 4) is 11.1 Å². The van der Waals surface area contributed by atoms with E-state index in [4.69, 9.17) is 4.99 Å². The number of allylic oxidation sites excluding steroid dienone is 3. The molecule has 5 rings (SSSR count). The highest BCUT2D eigenvalue weighted by atomic mass is 14.8. The molecule has 2 nitrogen and oxygen atoms in total. The molecule has 32 heavy (non-hydrogen) atoms. The lowest BCUT2D eigenvalue weighted by Crippen LogP contribution is -2.28. The predicted octanol–water partition coefficient (Wildman–Crippen LogP) is 7.82. The van der Waals surface area contributed by atoms with Gasteiger partial charge in [-0.3, -0.25) is 9.98 Å². The van der Waals surface area contributed by atoms with E-state index in [1.54, 1.807) is 0 Å². The van der Waals surface area contributed by atoms with E-state index in [2.05, 4.69) is 75.2 Å². The van der Waals surface area contributed by atoms with Gasteiger partial charge in [-0.2, -0.15) is 0 Å². The minimum Gasteiger partial charge on any atom is -0.261 e. The van der Waals surface area contributed by atoms with Crippen LogP contribution in [0, 0.1) is 30.1 Å². The number of aliphatic imine (C=N–C) groups is 1. The standard InChI is InChI=1S/C30H36N2/c1-19(2)28-29-23(17-30(28,4)5)8-6-7-9-27(32-29)25-15-14-21-12-13-22(16-26(21)25)24-11-10-20(3)31-18-24/h9-13,15-16,18-19,23,28H,6-8,14,17H2,1-5H3/b27-9-,32-29?. The van der Waals surface area contributed by atoms with Gasteiger partial charge in [0.1, 0.15) is 0 Å². The van der Waals surface area contributed by atoms with Crippen molar-refractivity contribution in [3.63, 3.8) is 0 Å². The van der Waals surface area contributed by atoms with Gasteiger partial charge in [0.05, 0.1) is 5.70 Å². The fourth-order valence-electron chi connectivity index (χ4n) is 6.52. The second kappa shape index (κ2) is 8.14. The molecular formula is C30H36N2. The van der Waals surface area contributed by atoms with Gasteiger partial charge < -0.3 is 0 Å². The molecule has 1 saturated carbocycles. The van der Waals surface area contributed by atoms with E-state index in [1.807, 2.05) is 13.1 Å². The molecule has 2 heterocycles. The molecule has 1 aliphatic heterocycles. The van der Waals surface area contributed by atoms with Gasteiger partial charge >= 0.3 is 0 Å². The Bertz CT molecular complexity index is 1110. The normalized spacial score (nSPS) is 25.9. The highest BCUT2D eigenvalue weighted by molar-refractivity contribution is 5.96. The number of aryl methyl sites for hydroxylation is 1. The van der Waals surface area contributed by atoms with E-state index >= 15 is 0 Å². The van der Waals surface area contributed by atoms with Crippen molar-refractivity contribution in [2.45, 2.75) is 66.7 Å². The van der Waals surface area contributed by atoms with E-state index in [1.165, 1.54) is 58.5 Å². The van der Waals surface area contributed by atoms with Gasteiger partial charge in [0, 0.05) is 34.7 Å². The molecule has 0 bridgehead atoms. The number of pyridine rings is 1. The first-order valence-corrected chi connectivity index (χ1v) is 12.4. The van der Waals surface area contributed by atoms with Crippen molar-refractivity contribution >= 4 is 11.3 Å². The minimum absolute atomic E-state index is 0.334. The molecule has 0 saturated heterocycles. The second-order valence-electron chi connectivity index (χ2n) is 11.1. The molecule has 2 aliphatic carbocycles. The molecule has 2 unspecified atom stereocenters.